The molecule has 1 heterocycles. The highest BCUT2D eigenvalue weighted by Crippen LogP contribution is 2.04. The molecule has 0 spiro atoms. The van der Waals surface area contributed by atoms with Crippen molar-refractivity contribution in [3.8, 4) is 6.01 Å². The molecule has 0 bridgehead atoms. The van der Waals surface area contributed by atoms with Gasteiger partial charge in [-0.2, -0.15) is 15.0 Å². The van der Waals surface area contributed by atoms with Gasteiger partial charge in [0, 0.05) is 7.05 Å². The Bertz CT molecular complexity index is 217. The Morgan fingerprint density at radius 2 is 2.10 bits per heavy atom. The third kappa shape index (κ3) is 1.22. The van der Waals surface area contributed by atoms with Gasteiger partial charge in [0.2, 0.25) is 11.9 Å². The van der Waals surface area contributed by atoms with E-state index in [2.05, 4.69) is 20.3 Å². The van der Waals surface area contributed by atoms with Crippen LogP contribution in [-0.4, -0.2) is 27.1 Å². The molecule has 0 fully saturated rings. The highest BCUT2D eigenvalue weighted by molar-refractivity contribution is 5.30. The van der Waals surface area contributed by atoms with Crippen molar-refractivity contribution in [2.24, 2.45) is 0 Å². The van der Waals surface area contributed by atoms with Crippen LogP contribution in [0.1, 0.15) is 0 Å². The lowest BCUT2D eigenvalue weighted by atomic mass is 10.8. The highest BCUT2D eigenvalue weighted by Gasteiger charge is 1.98. The van der Waals surface area contributed by atoms with Crippen LogP contribution in [0.5, 0.6) is 6.01 Å². The summed E-state index contributed by atoms with van der Waals surface area (Å²) in [6.07, 6.45) is 0. The van der Waals surface area contributed by atoms with Gasteiger partial charge in [-0.1, -0.05) is 0 Å². The third-order valence-corrected chi connectivity index (χ3v) is 0.865. The fourth-order valence-corrected chi connectivity index (χ4v) is 0.492. The van der Waals surface area contributed by atoms with Crippen LogP contribution < -0.4 is 11.1 Å². The molecule has 0 saturated heterocycles. The van der Waals surface area contributed by atoms with Crippen LogP contribution >= 0.6 is 0 Å². The molecule has 1 aromatic heterocycles. The fourth-order valence-electron chi connectivity index (χ4n) is 0.492. The monoisotopic (exact) mass is 141 g/mol. The van der Waals surface area contributed by atoms with E-state index in [0.29, 0.717) is 0 Å². The Morgan fingerprint density at radius 1 is 1.40 bits per heavy atom. The summed E-state index contributed by atoms with van der Waals surface area (Å²) in [5, 5.41) is 11.3. The Labute approximate surface area is 57.1 Å². The third-order valence-electron chi connectivity index (χ3n) is 0.865. The first-order chi connectivity index (χ1) is 4.72. The molecule has 10 heavy (non-hydrogen) atoms. The van der Waals surface area contributed by atoms with Gasteiger partial charge in [-0.3, -0.25) is 0 Å². The maximum absolute atomic E-state index is 8.74. The summed E-state index contributed by atoms with van der Waals surface area (Å²) in [4.78, 5) is 10.5. The van der Waals surface area contributed by atoms with Crippen molar-refractivity contribution < 1.29 is 5.11 Å². The number of aromatic nitrogens is 3. The Hall–Kier alpha value is -1.59. The van der Waals surface area contributed by atoms with Crippen molar-refractivity contribution in [2.75, 3.05) is 18.1 Å². The standard InChI is InChI=1S/C4H7N5O/c1-6-3-7-2(5)8-4(10)9-3/h1H3,(H4,5,6,7,8,9,10). The van der Waals surface area contributed by atoms with E-state index in [-0.39, 0.29) is 17.9 Å². The molecule has 0 amide bonds. The van der Waals surface area contributed by atoms with Gasteiger partial charge in [-0.05, 0) is 0 Å². The van der Waals surface area contributed by atoms with E-state index in [1.807, 2.05) is 0 Å². The first kappa shape index (κ1) is 6.53. The predicted molar refractivity (Wildman–Crippen MR) is 35.5 cm³/mol. The van der Waals surface area contributed by atoms with E-state index < -0.39 is 0 Å². The zero-order valence-electron chi connectivity index (χ0n) is 5.37. The van der Waals surface area contributed by atoms with E-state index in [1.165, 1.54) is 0 Å². The minimum Gasteiger partial charge on any atom is -0.479 e. The van der Waals surface area contributed by atoms with Gasteiger partial charge in [0.15, 0.2) is 0 Å². The molecule has 0 aliphatic rings. The largest absolute Gasteiger partial charge is 0.479 e. The molecule has 1 aromatic rings. The molecule has 54 valence electrons. The molecule has 1 rings (SSSR count). The van der Waals surface area contributed by atoms with Crippen LogP contribution in [0.4, 0.5) is 11.9 Å². The Kier molecular flexibility index (Phi) is 1.53. The first-order valence-corrected chi connectivity index (χ1v) is 2.60. The molecule has 6 nitrogen and oxygen atoms in total. The van der Waals surface area contributed by atoms with Gasteiger partial charge in [0.1, 0.15) is 0 Å². The molecule has 0 atom stereocenters. The number of nitrogens with zero attached hydrogens (tertiary/aromatic N) is 3. The summed E-state index contributed by atoms with van der Waals surface area (Å²) in [7, 11) is 1.62. The number of hydrogen-bond donors (Lipinski definition) is 3. The topological polar surface area (TPSA) is 97.0 Å². The number of aromatic hydroxyl groups is 1. The summed E-state index contributed by atoms with van der Waals surface area (Å²) < 4.78 is 0. The highest BCUT2D eigenvalue weighted by atomic mass is 16.3. The van der Waals surface area contributed by atoms with E-state index in [0.717, 1.165) is 0 Å². The molecule has 0 radical (unpaired) electrons. The van der Waals surface area contributed by atoms with Crippen molar-refractivity contribution in [2.45, 2.75) is 0 Å². The zero-order valence-corrected chi connectivity index (χ0v) is 5.37. The average Bonchev–Trinajstić information content (AvgIpc) is 1.85. The van der Waals surface area contributed by atoms with E-state index in [1.54, 1.807) is 7.05 Å². The van der Waals surface area contributed by atoms with Crippen LogP contribution in [-0.2, 0) is 0 Å². The summed E-state index contributed by atoms with van der Waals surface area (Å²) in [5.74, 6) is 0.252. The maximum Gasteiger partial charge on any atom is 0.320 e. The Morgan fingerprint density at radius 3 is 2.60 bits per heavy atom. The van der Waals surface area contributed by atoms with Gasteiger partial charge in [-0.25, -0.2) is 0 Å². The lowest BCUT2D eigenvalue weighted by Crippen LogP contribution is -2.01. The first-order valence-electron chi connectivity index (χ1n) is 2.60. The molecule has 4 N–H and O–H groups in total. The van der Waals surface area contributed by atoms with Gasteiger partial charge >= 0.3 is 6.01 Å². The lowest BCUT2D eigenvalue weighted by molar-refractivity contribution is 0.430. The second-order valence-electron chi connectivity index (χ2n) is 1.57. The second kappa shape index (κ2) is 2.34. The number of nitrogens with two attached hydrogens (primary N) is 1. The number of nitrogens with one attached hydrogen (secondary N) is 1. The number of anilines is 2. The molecule has 0 aromatic carbocycles. The van der Waals surface area contributed by atoms with Crippen LogP contribution in [0.2, 0.25) is 0 Å². The fraction of sp³-hybridized carbons (Fsp3) is 0.250. The maximum atomic E-state index is 8.74. The second-order valence-corrected chi connectivity index (χ2v) is 1.57. The van der Waals surface area contributed by atoms with Crippen LogP contribution in [0, 0.1) is 0 Å². The van der Waals surface area contributed by atoms with Crippen molar-refractivity contribution in [1.82, 2.24) is 15.0 Å². The van der Waals surface area contributed by atoms with Crippen molar-refractivity contribution in [3.63, 3.8) is 0 Å². The SMILES string of the molecule is CNc1nc(N)nc(O)n1. The number of rotatable bonds is 1. The van der Waals surface area contributed by atoms with E-state index >= 15 is 0 Å². The molecular weight excluding hydrogens is 134 g/mol. The van der Waals surface area contributed by atoms with Gasteiger partial charge in [-0.15, -0.1) is 0 Å². The minimum atomic E-state index is -0.378. The van der Waals surface area contributed by atoms with Crippen molar-refractivity contribution in [1.29, 1.82) is 0 Å². The van der Waals surface area contributed by atoms with Crippen molar-refractivity contribution >= 4 is 11.9 Å². The van der Waals surface area contributed by atoms with E-state index in [4.69, 9.17) is 10.8 Å². The summed E-state index contributed by atoms with van der Waals surface area (Å²) >= 11 is 0. The Balaban J connectivity index is 3.06. The summed E-state index contributed by atoms with van der Waals surface area (Å²) in [6, 6.07) is -0.378. The quantitative estimate of drug-likeness (QED) is 0.473. The lowest BCUT2D eigenvalue weighted by Gasteiger charge is -1.97. The zero-order chi connectivity index (χ0) is 7.56. The van der Waals surface area contributed by atoms with Crippen LogP contribution in [0.3, 0.4) is 0 Å². The smallest absolute Gasteiger partial charge is 0.320 e. The number of nitrogen functional groups attached to an aromatic ring is 1. The van der Waals surface area contributed by atoms with E-state index in [9.17, 15) is 0 Å². The molecule has 6 heteroatoms. The van der Waals surface area contributed by atoms with Crippen LogP contribution in [0.15, 0.2) is 0 Å². The number of hydrogen-bond acceptors (Lipinski definition) is 6. The van der Waals surface area contributed by atoms with Crippen LogP contribution in [0.25, 0.3) is 0 Å². The predicted octanol–water partition coefficient (Wildman–Crippen LogP) is -0.799. The van der Waals surface area contributed by atoms with Gasteiger partial charge in [0.05, 0.1) is 0 Å². The summed E-state index contributed by atoms with van der Waals surface area (Å²) in [6.45, 7) is 0. The summed E-state index contributed by atoms with van der Waals surface area (Å²) in [5.41, 5.74) is 5.17. The van der Waals surface area contributed by atoms with Crippen molar-refractivity contribution in [3.05, 3.63) is 0 Å². The van der Waals surface area contributed by atoms with Gasteiger partial charge in [0.25, 0.3) is 0 Å². The molecule has 0 aliphatic heterocycles. The molecule has 0 unspecified atom stereocenters. The van der Waals surface area contributed by atoms with Gasteiger partial charge < -0.3 is 16.2 Å². The average molecular weight is 141 g/mol. The molecule has 0 saturated carbocycles. The minimum absolute atomic E-state index is 0.00292. The molecular formula is C4H7N5O. The normalized spacial score (nSPS) is 9.30. The molecule has 0 aliphatic carbocycles.